The largest absolute Gasteiger partial charge is 0.399 e. The van der Waals surface area contributed by atoms with E-state index in [2.05, 4.69) is 9.82 Å². The summed E-state index contributed by atoms with van der Waals surface area (Å²) in [6, 6.07) is 1.56. The topological polar surface area (TPSA) is 90.0 Å². The molecule has 0 radical (unpaired) electrons. The molecular weight excluding hydrogens is 290 g/mol. The van der Waals surface area contributed by atoms with Crippen LogP contribution in [0.2, 0.25) is 0 Å². The van der Waals surface area contributed by atoms with Crippen LogP contribution in [0.3, 0.4) is 0 Å². The molecule has 6 nitrogen and oxygen atoms in total. The first-order valence-electron chi connectivity index (χ1n) is 5.63. The van der Waals surface area contributed by atoms with Crippen LogP contribution in [0, 0.1) is 11.6 Å². The zero-order chi connectivity index (χ0) is 14.9. The minimum Gasteiger partial charge on any atom is -0.399 e. The van der Waals surface area contributed by atoms with Crippen LogP contribution in [-0.4, -0.2) is 18.2 Å². The number of aromatic nitrogens is 2. The maximum atomic E-state index is 13.6. The molecule has 2 rings (SSSR count). The van der Waals surface area contributed by atoms with E-state index in [1.165, 1.54) is 17.1 Å². The summed E-state index contributed by atoms with van der Waals surface area (Å²) in [6.07, 6.45) is 2.69. The Labute approximate surface area is 114 Å². The Balaban J connectivity index is 2.40. The number of nitrogens with two attached hydrogens (primary N) is 1. The number of rotatable bonds is 4. The van der Waals surface area contributed by atoms with Crippen molar-refractivity contribution in [2.75, 3.05) is 10.5 Å². The summed E-state index contributed by atoms with van der Waals surface area (Å²) in [6.45, 7) is 2.36. The minimum absolute atomic E-state index is 0.147. The zero-order valence-corrected chi connectivity index (χ0v) is 11.3. The normalized spacial score (nSPS) is 11.6. The number of nitrogens with one attached hydrogen (secondary N) is 1. The summed E-state index contributed by atoms with van der Waals surface area (Å²) in [7, 11) is -4.28. The molecule has 3 N–H and O–H groups in total. The van der Waals surface area contributed by atoms with Crippen molar-refractivity contribution >= 4 is 21.4 Å². The van der Waals surface area contributed by atoms with Crippen LogP contribution in [0.25, 0.3) is 0 Å². The second-order valence-electron chi connectivity index (χ2n) is 4.01. The van der Waals surface area contributed by atoms with Gasteiger partial charge in [0.2, 0.25) is 0 Å². The molecular formula is C11H12F2N4O2S. The van der Waals surface area contributed by atoms with E-state index in [0.717, 1.165) is 6.07 Å². The SMILES string of the molecule is CCn1cc(NS(=O)(=O)c2cc(N)cc(F)c2F)cn1. The third-order valence-corrected chi connectivity index (χ3v) is 3.90. The van der Waals surface area contributed by atoms with E-state index in [0.29, 0.717) is 12.6 Å². The molecule has 0 aliphatic carbocycles. The first kappa shape index (κ1) is 14.3. The van der Waals surface area contributed by atoms with Crippen molar-refractivity contribution in [3.05, 3.63) is 36.2 Å². The molecule has 0 fully saturated rings. The smallest absolute Gasteiger partial charge is 0.265 e. The molecule has 108 valence electrons. The molecule has 0 saturated carbocycles. The average molecular weight is 302 g/mol. The lowest BCUT2D eigenvalue weighted by atomic mass is 10.3. The molecule has 1 aromatic heterocycles. The Kier molecular flexibility index (Phi) is 3.62. The van der Waals surface area contributed by atoms with Gasteiger partial charge in [0.25, 0.3) is 10.0 Å². The van der Waals surface area contributed by atoms with Gasteiger partial charge in [-0.2, -0.15) is 5.10 Å². The van der Waals surface area contributed by atoms with Gasteiger partial charge in [-0.25, -0.2) is 17.2 Å². The Bertz CT molecular complexity index is 743. The van der Waals surface area contributed by atoms with E-state index in [1.807, 2.05) is 6.92 Å². The molecule has 2 aromatic rings. The highest BCUT2D eigenvalue weighted by Crippen LogP contribution is 2.23. The molecule has 0 bridgehead atoms. The fraction of sp³-hybridized carbons (Fsp3) is 0.182. The monoisotopic (exact) mass is 302 g/mol. The van der Waals surface area contributed by atoms with E-state index in [4.69, 9.17) is 5.73 Å². The number of sulfonamides is 1. The van der Waals surface area contributed by atoms with Gasteiger partial charge in [0.1, 0.15) is 4.90 Å². The van der Waals surface area contributed by atoms with E-state index < -0.39 is 26.6 Å². The van der Waals surface area contributed by atoms with Crippen molar-refractivity contribution in [2.24, 2.45) is 0 Å². The molecule has 0 amide bonds. The van der Waals surface area contributed by atoms with E-state index >= 15 is 0 Å². The fourth-order valence-electron chi connectivity index (χ4n) is 1.58. The summed E-state index contributed by atoms with van der Waals surface area (Å²) in [5, 5.41) is 3.87. The van der Waals surface area contributed by atoms with Crippen molar-refractivity contribution in [2.45, 2.75) is 18.4 Å². The number of nitrogens with zero attached hydrogens (tertiary/aromatic N) is 2. The summed E-state index contributed by atoms with van der Waals surface area (Å²) >= 11 is 0. The predicted octanol–water partition coefficient (Wildman–Crippen LogP) is 1.56. The van der Waals surface area contributed by atoms with Crippen LogP contribution in [0.4, 0.5) is 20.2 Å². The third kappa shape index (κ3) is 2.72. The van der Waals surface area contributed by atoms with Crippen molar-refractivity contribution in [1.29, 1.82) is 0 Å². The number of nitrogen functional groups attached to an aromatic ring is 1. The Morgan fingerprint density at radius 3 is 2.70 bits per heavy atom. The molecule has 1 aromatic carbocycles. The summed E-state index contributed by atoms with van der Waals surface area (Å²) < 4.78 is 54.4. The number of benzene rings is 1. The Hall–Kier alpha value is -2.16. The van der Waals surface area contributed by atoms with Crippen LogP contribution in [0.1, 0.15) is 6.92 Å². The van der Waals surface area contributed by atoms with E-state index in [1.54, 1.807) is 0 Å². The lowest BCUT2D eigenvalue weighted by molar-refractivity contribution is 0.486. The van der Waals surface area contributed by atoms with Crippen molar-refractivity contribution < 1.29 is 17.2 Å². The van der Waals surface area contributed by atoms with Crippen LogP contribution >= 0.6 is 0 Å². The second-order valence-corrected chi connectivity index (χ2v) is 5.66. The lowest BCUT2D eigenvalue weighted by Gasteiger charge is -2.08. The number of halogens is 2. The number of hydrogen-bond acceptors (Lipinski definition) is 4. The maximum Gasteiger partial charge on any atom is 0.265 e. The molecule has 1 heterocycles. The minimum atomic E-state index is -4.28. The van der Waals surface area contributed by atoms with Crippen LogP contribution in [-0.2, 0) is 16.6 Å². The van der Waals surface area contributed by atoms with Gasteiger partial charge in [0.15, 0.2) is 11.6 Å². The molecule has 20 heavy (non-hydrogen) atoms. The Morgan fingerprint density at radius 2 is 2.10 bits per heavy atom. The molecule has 0 atom stereocenters. The quantitative estimate of drug-likeness (QED) is 0.839. The van der Waals surface area contributed by atoms with Gasteiger partial charge in [-0.1, -0.05) is 0 Å². The van der Waals surface area contributed by atoms with Gasteiger partial charge < -0.3 is 5.73 Å². The molecule has 9 heteroatoms. The van der Waals surface area contributed by atoms with Gasteiger partial charge in [-0.3, -0.25) is 9.40 Å². The van der Waals surface area contributed by atoms with E-state index in [-0.39, 0.29) is 11.4 Å². The summed E-state index contributed by atoms with van der Waals surface area (Å²) in [4.78, 5) is -0.848. The molecule has 0 spiro atoms. The second kappa shape index (κ2) is 5.08. The van der Waals surface area contributed by atoms with Crippen molar-refractivity contribution in [3.8, 4) is 0 Å². The zero-order valence-electron chi connectivity index (χ0n) is 10.5. The van der Waals surface area contributed by atoms with Gasteiger partial charge >= 0.3 is 0 Å². The third-order valence-electron chi connectivity index (χ3n) is 2.52. The van der Waals surface area contributed by atoms with Gasteiger partial charge in [0.05, 0.1) is 11.9 Å². The molecule has 0 unspecified atom stereocenters. The van der Waals surface area contributed by atoms with Gasteiger partial charge in [0, 0.05) is 18.4 Å². The Morgan fingerprint density at radius 1 is 1.40 bits per heavy atom. The van der Waals surface area contributed by atoms with Gasteiger partial charge in [-0.15, -0.1) is 0 Å². The van der Waals surface area contributed by atoms with E-state index in [9.17, 15) is 17.2 Å². The fourth-order valence-corrected chi connectivity index (χ4v) is 2.73. The number of anilines is 2. The van der Waals surface area contributed by atoms with Crippen LogP contribution < -0.4 is 10.5 Å². The van der Waals surface area contributed by atoms with Gasteiger partial charge in [-0.05, 0) is 19.1 Å². The number of aryl methyl sites for hydroxylation is 1. The van der Waals surface area contributed by atoms with Crippen molar-refractivity contribution in [1.82, 2.24) is 9.78 Å². The highest BCUT2D eigenvalue weighted by atomic mass is 32.2. The first-order valence-corrected chi connectivity index (χ1v) is 7.11. The maximum absolute atomic E-state index is 13.6. The van der Waals surface area contributed by atoms with Crippen LogP contribution in [0.15, 0.2) is 29.4 Å². The standard InChI is InChI=1S/C11H12F2N4O2S/c1-2-17-6-8(5-15-17)16-20(18,19)10-4-7(14)3-9(12)11(10)13/h3-6,16H,2,14H2,1H3. The lowest BCUT2D eigenvalue weighted by Crippen LogP contribution is -2.15. The van der Waals surface area contributed by atoms with Crippen LogP contribution in [0.5, 0.6) is 0 Å². The first-order chi connectivity index (χ1) is 9.33. The summed E-state index contributed by atoms with van der Waals surface area (Å²) in [5.41, 5.74) is 5.29. The molecule has 0 saturated heterocycles. The highest BCUT2D eigenvalue weighted by molar-refractivity contribution is 7.92. The van der Waals surface area contributed by atoms with Crippen molar-refractivity contribution in [3.63, 3.8) is 0 Å². The molecule has 0 aliphatic heterocycles. The number of hydrogen-bond donors (Lipinski definition) is 2. The predicted molar refractivity (Wildman–Crippen MR) is 69.5 cm³/mol. The summed E-state index contributed by atoms with van der Waals surface area (Å²) in [5.74, 6) is -2.80. The average Bonchev–Trinajstić information content (AvgIpc) is 2.80. The molecule has 0 aliphatic rings. The highest BCUT2D eigenvalue weighted by Gasteiger charge is 2.23.